The quantitative estimate of drug-likeness (QED) is 0.917. The third kappa shape index (κ3) is 2.16. The number of benzene rings is 1. The molecule has 1 saturated heterocycles. The predicted molar refractivity (Wildman–Crippen MR) is 94.9 cm³/mol. The molecule has 134 valence electrons. The molecule has 4 heteroatoms. The van der Waals surface area contributed by atoms with E-state index in [-0.39, 0.29) is 6.04 Å². The molecule has 0 amide bonds. The molecule has 3 aliphatic carbocycles. The molecule has 1 aliphatic heterocycles. The van der Waals surface area contributed by atoms with Crippen molar-refractivity contribution in [3.8, 4) is 5.75 Å². The standard InChI is InChI=1S/C21H27NO3/c1-25-17-5-4-15-10-19-21(24)7-6-16(23)12-20(21,18(15)11-17)8-9-22(19)13-14-2-3-14/h4-5,11,14,19,24H,2-3,6-10,12-13H2,1H3/t19-,20?,21-/m0/s1. The molecule has 5 rings (SSSR count). The van der Waals surface area contributed by atoms with Crippen molar-refractivity contribution in [2.24, 2.45) is 5.92 Å². The topological polar surface area (TPSA) is 49.8 Å². The second kappa shape index (κ2) is 5.31. The van der Waals surface area contributed by atoms with Crippen molar-refractivity contribution in [1.82, 2.24) is 4.90 Å². The number of carbonyl (C=O) groups is 1. The maximum Gasteiger partial charge on any atom is 0.134 e. The first-order chi connectivity index (χ1) is 12.1. The summed E-state index contributed by atoms with van der Waals surface area (Å²) in [6.07, 6.45) is 6.03. The highest BCUT2D eigenvalue weighted by atomic mass is 16.5. The summed E-state index contributed by atoms with van der Waals surface area (Å²) >= 11 is 0. The number of hydrogen-bond acceptors (Lipinski definition) is 4. The van der Waals surface area contributed by atoms with E-state index in [1.54, 1.807) is 7.11 Å². The van der Waals surface area contributed by atoms with Crippen LogP contribution < -0.4 is 4.74 Å². The van der Waals surface area contributed by atoms with Crippen LogP contribution in [0.1, 0.15) is 49.7 Å². The Bertz CT molecular complexity index is 728. The zero-order valence-electron chi connectivity index (χ0n) is 15.0. The van der Waals surface area contributed by atoms with Gasteiger partial charge in [0.05, 0.1) is 12.7 Å². The van der Waals surface area contributed by atoms with E-state index in [1.807, 2.05) is 6.07 Å². The minimum Gasteiger partial charge on any atom is -0.497 e. The molecule has 3 fully saturated rings. The Labute approximate surface area is 149 Å². The lowest BCUT2D eigenvalue weighted by Gasteiger charge is -2.63. The van der Waals surface area contributed by atoms with Crippen LogP contribution in [0.3, 0.4) is 0 Å². The Morgan fingerprint density at radius 1 is 1.32 bits per heavy atom. The lowest BCUT2D eigenvalue weighted by molar-refractivity contribution is -0.173. The molecule has 1 aromatic rings. The lowest BCUT2D eigenvalue weighted by atomic mass is 9.49. The van der Waals surface area contributed by atoms with Gasteiger partial charge in [0.15, 0.2) is 0 Å². The zero-order valence-corrected chi connectivity index (χ0v) is 15.0. The SMILES string of the molecule is COc1ccc2c(c1)C13CCN(CC4CC4)[C@@H](C2)[C@@]1(O)CCC(=O)C3. The summed E-state index contributed by atoms with van der Waals surface area (Å²) in [5, 5.41) is 12.0. The highest BCUT2D eigenvalue weighted by Gasteiger charge is 2.64. The van der Waals surface area contributed by atoms with E-state index < -0.39 is 11.0 Å². The molecule has 0 aromatic heterocycles. The number of ketones is 1. The Kier molecular flexibility index (Phi) is 3.36. The molecule has 4 aliphatic rings. The van der Waals surface area contributed by atoms with Gasteiger partial charge < -0.3 is 9.84 Å². The van der Waals surface area contributed by atoms with Crippen molar-refractivity contribution in [1.29, 1.82) is 0 Å². The maximum atomic E-state index is 12.4. The average Bonchev–Trinajstić information content (AvgIpc) is 3.42. The van der Waals surface area contributed by atoms with E-state index >= 15 is 0 Å². The Hall–Kier alpha value is -1.39. The minimum absolute atomic E-state index is 0.149. The number of aliphatic hydroxyl groups is 1. The summed E-state index contributed by atoms with van der Waals surface area (Å²) in [6, 6.07) is 6.41. The van der Waals surface area contributed by atoms with Gasteiger partial charge in [0.2, 0.25) is 0 Å². The van der Waals surface area contributed by atoms with Crippen LogP contribution in [0.5, 0.6) is 5.75 Å². The Morgan fingerprint density at radius 3 is 2.92 bits per heavy atom. The van der Waals surface area contributed by atoms with E-state index in [9.17, 15) is 9.90 Å². The molecule has 4 nitrogen and oxygen atoms in total. The summed E-state index contributed by atoms with van der Waals surface area (Å²) in [7, 11) is 1.68. The highest BCUT2D eigenvalue weighted by molar-refractivity contribution is 5.82. The molecule has 2 bridgehead atoms. The van der Waals surface area contributed by atoms with Crippen molar-refractivity contribution in [2.75, 3.05) is 20.2 Å². The molecule has 25 heavy (non-hydrogen) atoms. The zero-order chi connectivity index (χ0) is 17.2. The van der Waals surface area contributed by atoms with Crippen LogP contribution >= 0.6 is 0 Å². The number of methoxy groups -OCH3 is 1. The van der Waals surface area contributed by atoms with Gasteiger partial charge in [-0.2, -0.15) is 0 Å². The van der Waals surface area contributed by atoms with Crippen molar-refractivity contribution in [3.63, 3.8) is 0 Å². The van der Waals surface area contributed by atoms with E-state index in [0.717, 1.165) is 37.6 Å². The summed E-state index contributed by atoms with van der Waals surface area (Å²) in [5.74, 6) is 1.95. The van der Waals surface area contributed by atoms with Crippen LogP contribution in [0, 0.1) is 5.92 Å². The molecule has 1 unspecified atom stereocenters. The molecule has 3 atom stereocenters. The minimum atomic E-state index is -0.784. The number of ether oxygens (including phenoxy) is 1. The van der Waals surface area contributed by atoms with Crippen LogP contribution in [0.15, 0.2) is 18.2 Å². The number of fused-ring (bicyclic) bond motifs is 1. The van der Waals surface area contributed by atoms with Crippen LogP contribution in [0.4, 0.5) is 0 Å². The Morgan fingerprint density at radius 2 is 2.16 bits per heavy atom. The number of likely N-dealkylation sites (tertiary alicyclic amines) is 1. The maximum absolute atomic E-state index is 12.4. The van der Waals surface area contributed by atoms with Gasteiger partial charge in [0.1, 0.15) is 11.5 Å². The largest absolute Gasteiger partial charge is 0.497 e. The van der Waals surface area contributed by atoms with Crippen LogP contribution in [-0.2, 0) is 16.6 Å². The molecular formula is C21H27NO3. The van der Waals surface area contributed by atoms with Gasteiger partial charge in [-0.25, -0.2) is 0 Å². The molecule has 2 saturated carbocycles. The number of hydrogen-bond donors (Lipinski definition) is 1. The van der Waals surface area contributed by atoms with Crippen LogP contribution in [0.25, 0.3) is 0 Å². The second-order valence-electron chi connectivity index (χ2n) is 8.65. The molecule has 1 N–H and O–H groups in total. The normalized spacial score (nSPS) is 37.4. The van der Waals surface area contributed by atoms with Crippen molar-refractivity contribution in [2.45, 2.75) is 62.0 Å². The first-order valence-corrected chi connectivity index (χ1v) is 9.71. The van der Waals surface area contributed by atoms with Crippen molar-refractivity contribution < 1.29 is 14.6 Å². The third-order valence-electron chi connectivity index (χ3n) is 7.37. The highest BCUT2D eigenvalue weighted by Crippen LogP contribution is 2.58. The van der Waals surface area contributed by atoms with E-state index in [2.05, 4.69) is 17.0 Å². The summed E-state index contributed by atoms with van der Waals surface area (Å²) in [4.78, 5) is 15.0. The smallest absolute Gasteiger partial charge is 0.134 e. The van der Waals surface area contributed by atoms with Crippen molar-refractivity contribution in [3.05, 3.63) is 29.3 Å². The number of carbonyl (C=O) groups excluding carboxylic acids is 1. The number of nitrogens with zero attached hydrogens (tertiary/aromatic N) is 1. The van der Waals surface area contributed by atoms with Gasteiger partial charge in [-0.15, -0.1) is 0 Å². The van der Waals surface area contributed by atoms with E-state index in [1.165, 1.54) is 24.0 Å². The second-order valence-corrected chi connectivity index (χ2v) is 8.65. The van der Waals surface area contributed by atoms with Gasteiger partial charge in [-0.1, -0.05) is 6.07 Å². The molecule has 1 heterocycles. The molecule has 0 spiro atoms. The summed E-state index contributed by atoms with van der Waals surface area (Å²) in [6.45, 7) is 2.11. The molecule has 1 aromatic carbocycles. The predicted octanol–water partition coefficient (Wildman–Crippen LogP) is 2.46. The van der Waals surface area contributed by atoms with E-state index in [0.29, 0.717) is 25.0 Å². The first kappa shape index (κ1) is 15.8. The lowest BCUT2D eigenvalue weighted by Crippen LogP contribution is -2.73. The average molecular weight is 341 g/mol. The fourth-order valence-electron chi connectivity index (χ4n) is 5.86. The fraction of sp³-hybridized carbons (Fsp3) is 0.667. The summed E-state index contributed by atoms with van der Waals surface area (Å²) < 4.78 is 5.46. The van der Waals surface area contributed by atoms with Crippen molar-refractivity contribution >= 4 is 5.78 Å². The molecule has 0 radical (unpaired) electrons. The summed E-state index contributed by atoms with van der Waals surface area (Å²) in [5.41, 5.74) is 1.26. The number of rotatable bonds is 3. The Balaban J connectivity index is 1.64. The van der Waals surface area contributed by atoms with E-state index in [4.69, 9.17) is 4.74 Å². The van der Waals surface area contributed by atoms with Crippen LogP contribution in [0.2, 0.25) is 0 Å². The van der Waals surface area contributed by atoms with Gasteiger partial charge >= 0.3 is 0 Å². The number of Topliss-reactive ketones (excluding diaryl/α,β-unsaturated/α-hetero) is 1. The van der Waals surface area contributed by atoms with Gasteiger partial charge in [0.25, 0.3) is 0 Å². The number of piperidine rings is 1. The van der Waals surface area contributed by atoms with Gasteiger partial charge in [-0.3, -0.25) is 9.69 Å². The van der Waals surface area contributed by atoms with Crippen LogP contribution in [-0.4, -0.2) is 47.6 Å². The first-order valence-electron chi connectivity index (χ1n) is 9.71. The monoisotopic (exact) mass is 341 g/mol. The van der Waals surface area contributed by atoms with Gasteiger partial charge in [0, 0.05) is 30.8 Å². The third-order valence-corrected chi connectivity index (χ3v) is 7.37. The fourth-order valence-corrected chi connectivity index (χ4v) is 5.86. The molecular weight excluding hydrogens is 314 g/mol. The van der Waals surface area contributed by atoms with Gasteiger partial charge in [-0.05, 0) is 67.8 Å².